The van der Waals surface area contributed by atoms with Crippen LogP contribution < -0.4 is 0 Å². The van der Waals surface area contributed by atoms with Crippen LogP contribution in [0.5, 0.6) is 11.8 Å². The predicted molar refractivity (Wildman–Crippen MR) is 129 cm³/mol. The number of nitrogens with one attached hydrogen (secondary N) is 2. The van der Waals surface area contributed by atoms with Gasteiger partial charge in [0.1, 0.15) is 11.6 Å². The number of hydrogen-bond donors (Lipinski definition) is 4. The zero-order valence-corrected chi connectivity index (χ0v) is 19.0. The van der Waals surface area contributed by atoms with Crippen LogP contribution >= 0.6 is 0 Å². The van der Waals surface area contributed by atoms with Gasteiger partial charge >= 0.3 is 0 Å². The van der Waals surface area contributed by atoms with Crippen molar-refractivity contribution >= 4 is 44.8 Å². The maximum Gasteiger partial charge on any atom is 0.295 e. The van der Waals surface area contributed by atoms with Crippen LogP contribution in [0.4, 0.5) is 25.8 Å². The van der Waals surface area contributed by atoms with E-state index in [2.05, 4.69) is 30.4 Å². The number of aryl methyl sites for hydroxylation is 2. The van der Waals surface area contributed by atoms with Crippen molar-refractivity contribution in [1.29, 1.82) is 0 Å². The molecule has 5 rings (SSSR count). The second-order valence-corrected chi connectivity index (χ2v) is 8.24. The number of azo groups is 2. The molecule has 36 heavy (non-hydrogen) atoms. The molecule has 9 nitrogen and oxygen atoms in total. The van der Waals surface area contributed by atoms with E-state index >= 15 is 0 Å². The highest BCUT2D eigenvalue weighted by Crippen LogP contribution is 2.39. The highest BCUT2D eigenvalue weighted by Gasteiger charge is 2.16. The van der Waals surface area contributed by atoms with E-state index < -0.39 is 23.4 Å². The van der Waals surface area contributed by atoms with Crippen molar-refractivity contribution in [2.75, 3.05) is 0 Å². The van der Waals surface area contributed by atoms with E-state index in [1.165, 1.54) is 24.3 Å². The first kappa shape index (κ1) is 22.8. The fourth-order valence-electron chi connectivity index (χ4n) is 3.89. The molecule has 2 heterocycles. The summed E-state index contributed by atoms with van der Waals surface area (Å²) in [6.07, 6.45) is 0. The minimum Gasteiger partial charge on any atom is -0.493 e. The second-order valence-electron chi connectivity index (χ2n) is 8.24. The van der Waals surface area contributed by atoms with Crippen LogP contribution in [0.15, 0.2) is 69.0 Å². The fraction of sp³-hybridized carbons (Fsp3) is 0.0800. The van der Waals surface area contributed by atoms with Gasteiger partial charge in [0.05, 0.1) is 16.7 Å². The molecular weight excluding hydrogens is 470 g/mol. The van der Waals surface area contributed by atoms with Gasteiger partial charge in [-0.2, -0.15) is 5.11 Å². The van der Waals surface area contributed by atoms with Gasteiger partial charge in [-0.25, -0.2) is 8.78 Å². The van der Waals surface area contributed by atoms with Crippen LogP contribution in [0.25, 0.3) is 21.8 Å². The molecule has 0 bridgehead atoms. The number of benzene rings is 3. The lowest BCUT2D eigenvalue weighted by atomic mass is 10.1. The lowest BCUT2D eigenvalue weighted by Gasteiger charge is -1.98. The summed E-state index contributed by atoms with van der Waals surface area (Å²) < 4.78 is 28.3. The van der Waals surface area contributed by atoms with Crippen LogP contribution in [0.1, 0.15) is 21.5 Å². The van der Waals surface area contributed by atoms with Crippen molar-refractivity contribution in [3.05, 3.63) is 76.9 Å². The number of H-pyrrole nitrogens is 2. The molecule has 0 atom stereocenters. The molecule has 3 aromatic carbocycles. The lowest BCUT2D eigenvalue weighted by Crippen LogP contribution is -1.92. The van der Waals surface area contributed by atoms with E-state index in [4.69, 9.17) is 0 Å². The van der Waals surface area contributed by atoms with E-state index in [9.17, 15) is 23.8 Å². The molecule has 180 valence electrons. The number of carbonyl (C=O) groups excluding carboxylic acids is 1. The number of fused-ring (bicyclic) bond motifs is 2. The first-order chi connectivity index (χ1) is 17.2. The summed E-state index contributed by atoms with van der Waals surface area (Å²) in [5.41, 5.74) is 1.80. The minimum atomic E-state index is -0.735. The van der Waals surface area contributed by atoms with E-state index in [0.717, 1.165) is 0 Å². The molecule has 0 saturated heterocycles. The van der Waals surface area contributed by atoms with Crippen LogP contribution in [0.2, 0.25) is 0 Å². The number of carbonyl (C=O) groups is 1. The number of rotatable bonds is 4. The molecule has 0 aliphatic carbocycles. The molecule has 0 saturated carbocycles. The molecule has 0 aliphatic heterocycles. The monoisotopic (exact) mass is 488 g/mol. The molecular formula is C25H18F2N6O3. The summed E-state index contributed by atoms with van der Waals surface area (Å²) in [4.78, 5) is 17.7. The number of aromatic hydroxyl groups is 2. The summed E-state index contributed by atoms with van der Waals surface area (Å²) in [5.74, 6) is -2.59. The third kappa shape index (κ3) is 4.06. The maximum atomic E-state index is 14.2. The van der Waals surface area contributed by atoms with E-state index in [1.54, 1.807) is 38.1 Å². The Balaban J connectivity index is 1.43. The van der Waals surface area contributed by atoms with Gasteiger partial charge in [-0.1, -0.05) is 6.07 Å². The molecule has 0 spiro atoms. The van der Waals surface area contributed by atoms with E-state index in [1.807, 2.05) is 0 Å². The molecule has 0 fully saturated rings. The highest BCUT2D eigenvalue weighted by atomic mass is 19.1. The Morgan fingerprint density at radius 3 is 1.92 bits per heavy atom. The molecule has 0 unspecified atom stereocenters. The minimum absolute atomic E-state index is 0.0533. The summed E-state index contributed by atoms with van der Waals surface area (Å²) in [6.45, 7) is 3.40. The number of nitrogens with zero attached hydrogens (tertiary/aromatic N) is 4. The number of hydrogen-bond acceptors (Lipinski definition) is 6. The molecule has 0 aliphatic rings. The Morgan fingerprint density at radius 2 is 1.33 bits per heavy atom. The Hall–Kier alpha value is -4.93. The number of aromatic nitrogens is 2. The second kappa shape index (κ2) is 8.69. The van der Waals surface area contributed by atoms with Gasteiger partial charge < -0.3 is 20.2 Å². The Morgan fingerprint density at radius 1 is 0.778 bits per heavy atom. The Kier molecular flexibility index (Phi) is 5.51. The van der Waals surface area contributed by atoms with Crippen LogP contribution in [-0.4, -0.2) is 26.1 Å². The summed E-state index contributed by atoms with van der Waals surface area (Å²) in [6, 6.07) is 11.9. The molecule has 11 heteroatoms. The fourth-order valence-corrected chi connectivity index (χ4v) is 3.89. The van der Waals surface area contributed by atoms with Gasteiger partial charge in [-0.15, -0.1) is 15.3 Å². The van der Waals surface area contributed by atoms with Crippen LogP contribution in [0.3, 0.4) is 0 Å². The molecule has 1 amide bonds. The van der Waals surface area contributed by atoms with Gasteiger partial charge in [0.15, 0.2) is 11.4 Å². The first-order valence-electron chi connectivity index (χ1n) is 10.7. The average molecular weight is 488 g/mol. The largest absolute Gasteiger partial charge is 0.493 e. The summed E-state index contributed by atoms with van der Waals surface area (Å²) in [7, 11) is 0. The zero-order chi connectivity index (χ0) is 25.6. The van der Waals surface area contributed by atoms with Crippen molar-refractivity contribution in [1.82, 2.24) is 9.97 Å². The topological polar surface area (TPSA) is 139 Å². The predicted octanol–water partition coefficient (Wildman–Crippen LogP) is 7.29. The molecule has 5 aromatic rings. The Bertz CT molecular complexity index is 1740. The number of amides is 1. The van der Waals surface area contributed by atoms with E-state index in [-0.39, 0.29) is 44.9 Å². The number of aromatic amines is 2. The normalized spacial score (nSPS) is 12.0. The smallest absolute Gasteiger partial charge is 0.295 e. The van der Waals surface area contributed by atoms with Crippen molar-refractivity contribution in [2.24, 2.45) is 20.5 Å². The average Bonchev–Trinajstić information content (AvgIpc) is 3.32. The van der Waals surface area contributed by atoms with Gasteiger partial charge in [0.2, 0.25) is 11.8 Å². The Labute approximate surface area is 201 Å². The zero-order valence-electron chi connectivity index (χ0n) is 19.0. The molecule has 0 radical (unpaired) electrons. The first-order valence-corrected chi connectivity index (χ1v) is 10.7. The van der Waals surface area contributed by atoms with Crippen LogP contribution in [0, 0.1) is 25.5 Å². The van der Waals surface area contributed by atoms with Gasteiger partial charge in [0.25, 0.3) is 5.91 Å². The van der Waals surface area contributed by atoms with Crippen LogP contribution in [-0.2, 0) is 0 Å². The SMILES string of the molecule is Cc1cc(F)c2[nH]c(O)c(N=NC(=O)c3cccc(N=Nc4c(O)[nH]c5c(F)cc(C)cc45)c3)c2c1. The third-order valence-corrected chi connectivity index (χ3v) is 5.51. The summed E-state index contributed by atoms with van der Waals surface area (Å²) in [5, 5.41) is 36.5. The van der Waals surface area contributed by atoms with Gasteiger partial charge in [-0.05, 0) is 67.4 Å². The molecule has 2 aromatic heterocycles. The van der Waals surface area contributed by atoms with Crippen molar-refractivity contribution in [3.63, 3.8) is 0 Å². The van der Waals surface area contributed by atoms with E-state index in [0.29, 0.717) is 16.5 Å². The third-order valence-electron chi connectivity index (χ3n) is 5.51. The number of halogens is 2. The summed E-state index contributed by atoms with van der Waals surface area (Å²) >= 11 is 0. The highest BCUT2D eigenvalue weighted by molar-refractivity contribution is 5.98. The van der Waals surface area contributed by atoms with Crippen molar-refractivity contribution in [3.8, 4) is 11.8 Å². The standard InChI is InChI=1S/C25H18F2N6O3/c1-11-6-15-19(17(26)8-11)28-24(35)21(15)31-30-14-5-3-4-13(10-14)23(34)33-32-22-16-7-12(2)9-18(27)20(16)29-25(22)36/h3-10,28-29,35-36H,1-2H3. The van der Waals surface area contributed by atoms with Gasteiger partial charge in [-0.3, -0.25) is 4.79 Å². The molecule has 4 N–H and O–H groups in total. The lowest BCUT2D eigenvalue weighted by molar-refractivity contribution is 0.0995. The quantitative estimate of drug-likeness (QED) is 0.197. The maximum absolute atomic E-state index is 14.2. The van der Waals surface area contributed by atoms with Gasteiger partial charge in [0, 0.05) is 16.3 Å². The van der Waals surface area contributed by atoms with Crippen molar-refractivity contribution in [2.45, 2.75) is 13.8 Å². The van der Waals surface area contributed by atoms with Crippen molar-refractivity contribution < 1.29 is 23.8 Å².